The van der Waals surface area contributed by atoms with Gasteiger partial charge in [0.25, 0.3) is 0 Å². The average Bonchev–Trinajstić information content (AvgIpc) is 2.07. The number of ether oxygens (including phenoxy) is 1. The fourth-order valence-corrected chi connectivity index (χ4v) is 1.02. The highest BCUT2D eigenvalue weighted by atomic mass is 16.5. The lowest BCUT2D eigenvalue weighted by atomic mass is 10.3. The van der Waals surface area contributed by atoms with Crippen LogP contribution in [0.5, 0.6) is 0 Å². The average molecular weight is 160 g/mol. The van der Waals surface area contributed by atoms with Crippen molar-refractivity contribution in [1.82, 2.24) is 4.90 Å². The van der Waals surface area contributed by atoms with Crippen LogP contribution in [0.3, 0.4) is 0 Å². The Balaban J connectivity index is 3.58. The third-order valence-electron chi connectivity index (χ3n) is 1.95. The van der Waals surface area contributed by atoms with Gasteiger partial charge in [-0.25, -0.2) is 0 Å². The summed E-state index contributed by atoms with van der Waals surface area (Å²) in [7, 11) is 1.71. The van der Waals surface area contributed by atoms with Crippen LogP contribution < -0.4 is 5.73 Å². The van der Waals surface area contributed by atoms with Crippen LogP contribution in [0, 0.1) is 0 Å². The van der Waals surface area contributed by atoms with Crippen molar-refractivity contribution >= 4 is 0 Å². The minimum Gasteiger partial charge on any atom is -0.379 e. The Hall–Kier alpha value is -0.120. The zero-order valence-electron chi connectivity index (χ0n) is 7.84. The Kier molecular flexibility index (Phi) is 6.51. The van der Waals surface area contributed by atoms with E-state index in [0.29, 0.717) is 6.54 Å². The predicted octanol–water partition coefficient (Wildman–Crippen LogP) is 0.302. The van der Waals surface area contributed by atoms with Crippen molar-refractivity contribution in [2.24, 2.45) is 5.73 Å². The highest BCUT2D eigenvalue weighted by molar-refractivity contribution is 4.63. The van der Waals surface area contributed by atoms with E-state index < -0.39 is 0 Å². The Morgan fingerprint density at radius 3 is 2.18 bits per heavy atom. The molecule has 0 amide bonds. The van der Waals surface area contributed by atoms with E-state index >= 15 is 0 Å². The van der Waals surface area contributed by atoms with Gasteiger partial charge in [-0.2, -0.15) is 0 Å². The second kappa shape index (κ2) is 6.58. The third-order valence-corrected chi connectivity index (χ3v) is 1.95. The van der Waals surface area contributed by atoms with Gasteiger partial charge in [0.15, 0.2) is 0 Å². The summed E-state index contributed by atoms with van der Waals surface area (Å²) < 4.78 is 5.17. The Labute approximate surface area is 69.5 Å². The summed E-state index contributed by atoms with van der Waals surface area (Å²) >= 11 is 0. The maximum absolute atomic E-state index is 5.49. The lowest BCUT2D eigenvalue weighted by molar-refractivity contribution is 0.0734. The molecule has 0 aromatic carbocycles. The normalized spacial score (nSPS) is 13.9. The van der Waals surface area contributed by atoms with Crippen molar-refractivity contribution < 1.29 is 4.74 Å². The largest absolute Gasteiger partial charge is 0.379 e. The molecule has 0 saturated heterocycles. The van der Waals surface area contributed by atoms with E-state index in [-0.39, 0.29) is 6.10 Å². The number of rotatable bonds is 6. The monoisotopic (exact) mass is 160 g/mol. The van der Waals surface area contributed by atoms with Gasteiger partial charge in [-0.1, -0.05) is 13.8 Å². The quantitative estimate of drug-likeness (QED) is 0.607. The standard InChI is InChI=1S/C8H20N2O/c1-4-10(5-2)7-8(6-9)11-3/h8H,4-7,9H2,1-3H3. The molecule has 0 bridgehead atoms. The zero-order chi connectivity index (χ0) is 8.69. The lowest BCUT2D eigenvalue weighted by Crippen LogP contribution is -2.37. The molecular weight excluding hydrogens is 140 g/mol. The van der Waals surface area contributed by atoms with Gasteiger partial charge in [0.05, 0.1) is 6.10 Å². The molecule has 0 aliphatic rings. The minimum absolute atomic E-state index is 0.190. The van der Waals surface area contributed by atoms with Crippen molar-refractivity contribution in [3.05, 3.63) is 0 Å². The van der Waals surface area contributed by atoms with Crippen LogP contribution in [0.1, 0.15) is 13.8 Å². The smallest absolute Gasteiger partial charge is 0.0820 e. The van der Waals surface area contributed by atoms with E-state index in [2.05, 4.69) is 18.7 Å². The molecule has 3 heteroatoms. The zero-order valence-corrected chi connectivity index (χ0v) is 7.84. The van der Waals surface area contributed by atoms with Crippen LogP contribution in [0.4, 0.5) is 0 Å². The Morgan fingerprint density at radius 1 is 1.36 bits per heavy atom. The summed E-state index contributed by atoms with van der Waals surface area (Å²) in [5.41, 5.74) is 5.49. The van der Waals surface area contributed by atoms with Gasteiger partial charge in [-0.15, -0.1) is 0 Å². The second-order valence-corrected chi connectivity index (χ2v) is 2.58. The molecule has 0 heterocycles. The minimum atomic E-state index is 0.190. The highest BCUT2D eigenvalue weighted by Gasteiger charge is 2.08. The van der Waals surface area contributed by atoms with Crippen molar-refractivity contribution in [3.8, 4) is 0 Å². The van der Waals surface area contributed by atoms with Crippen molar-refractivity contribution in [1.29, 1.82) is 0 Å². The molecule has 1 atom stereocenters. The van der Waals surface area contributed by atoms with E-state index in [1.807, 2.05) is 0 Å². The molecule has 3 nitrogen and oxygen atoms in total. The first kappa shape index (κ1) is 10.9. The number of methoxy groups -OCH3 is 1. The van der Waals surface area contributed by atoms with Crippen molar-refractivity contribution in [2.45, 2.75) is 20.0 Å². The van der Waals surface area contributed by atoms with E-state index in [1.54, 1.807) is 7.11 Å². The molecule has 0 aromatic rings. The maximum atomic E-state index is 5.49. The fourth-order valence-electron chi connectivity index (χ4n) is 1.02. The molecular formula is C8H20N2O. The summed E-state index contributed by atoms with van der Waals surface area (Å²) in [5.74, 6) is 0. The van der Waals surface area contributed by atoms with E-state index in [1.165, 1.54) is 0 Å². The van der Waals surface area contributed by atoms with Gasteiger partial charge >= 0.3 is 0 Å². The number of nitrogens with zero attached hydrogens (tertiary/aromatic N) is 1. The van der Waals surface area contributed by atoms with Gasteiger partial charge in [0.2, 0.25) is 0 Å². The van der Waals surface area contributed by atoms with Crippen LogP contribution in [0.25, 0.3) is 0 Å². The summed E-state index contributed by atoms with van der Waals surface area (Å²) in [4.78, 5) is 2.31. The number of hydrogen-bond acceptors (Lipinski definition) is 3. The highest BCUT2D eigenvalue weighted by Crippen LogP contribution is 1.93. The molecule has 0 aliphatic heterocycles. The van der Waals surface area contributed by atoms with Gasteiger partial charge in [-0.05, 0) is 13.1 Å². The molecule has 0 fully saturated rings. The van der Waals surface area contributed by atoms with E-state index in [9.17, 15) is 0 Å². The second-order valence-electron chi connectivity index (χ2n) is 2.58. The Bertz CT molecular complexity index is 70.2. The SMILES string of the molecule is CCN(CC)CC(CN)OC. The molecule has 68 valence electrons. The maximum Gasteiger partial charge on any atom is 0.0820 e. The first-order valence-corrected chi connectivity index (χ1v) is 4.23. The first-order valence-electron chi connectivity index (χ1n) is 4.23. The summed E-state index contributed by atoms with van der Waals surface area (Å²) in [6.07, 6.45) is 0.190. The topological polar surface area (TPSA) is 38.5 Å². The molecule has 0 rings (SSSR count). The molecule has 0 radical (unpaired) electrons. The lowest BCUT2D eigenvalue weighted by Gasteiger charge is -2.23. The molecule has 0 aromatic heterocycles. The van der Waals surface area contributed by atoms with Crippen molar-refractivity contribution in [2.75, 3.05) is 33.3 Å². The summed E-state index contributed by atoms with van der Waals surface area (Å²) in [6.45, 7) is 7.97. The Morgan fingerprint density at radius 2 is 1.91 bits per heavy atom. The van der Waals surface area contributed by atoms with Crippen LogP contribution in [-0.2, 0) is 4.74 Å². The predicted molar refractivity (Wildman–Crippen MR) is 47.6 cm³/mol. The molecule has 11 heavy (non-hydrogen) atoms. The molecule has 2 N–H and O–H groups in total. The molecule has 0 spiro atoms. The van der Waals surface area contributed by atoms with Gasteiger partial charge in [0.1, 0.15) is 0 Å². The summed E-state index contributed by atoms with van der Waals surface area (Å²) in [5, 5.41) is 0. The fraction of sp³-hybridized carbons (Fsp3) is 1.00. The van der Waals surface area contributed by atoms with Crippen LogP contribution in [0.2, 0.25) is 0 Å². The molecule has 1 unspecified atom stereocenters. The van der Waals surface area contributed by atoms with Gasteiger partial charge in [-0.3, -0.25) is 0 Å². The van der Waals surface area contributed by atoms with Crippen molar-refractivity contribution in [3.63, 3.8) is 0 Å². The van der Waals surface area contributed by atoms with Gasteiger partial charge < -0.3 is 15.4 Å². The number of nitrogens with two attached hydrogens (primary N) is 1. The third kappa shape index (κ3) is 4.35. The molecule has 0 aliphatic carbocycles. The molecule has 0 saturated carbocycles. The van der Waals surface area contributed by atoms with Crippen LogP contribution >= 0.6 is 0 Å². The number of likely N-dealkylation sites (N-methyl/N-ethyl adjacent to an activating group) is 1. The first-order chi connectivity index (χ1) is 5.28. The van der Waals surface area contributed by atoms with Crippen LogP contribution in [-0.4, -0.2) is 44.3 Å². The summed E-state index contributed by atoms with van der Waals surface area (Å²) in [6, 6.07) is 0. The number of hydrogen-bond donors (Lipinski definition) is 1. The van der Waals surface area contributed by atoms with E-state index in [0.717, 1.165) is 19.6 Å². The van der Waals surface area contributed by atoms with E-state index in [4.69, 9.17) is 10.5 Å². The van der Waals surface area contributed by atoms with Crippen LogP contribution in [0.15, 0.2) is 0 Å². The van der Waals surface area contributed by atoms with Gasteiger partial charge in [0, 0.05) is 20.2 Å².